The summed E-state index contributed by atoms with van der Waals surface area (Å²) in [6.45, 7) is 14.0. The summed E-state index contributed by atoms with van der Waals surface area (Å²) >= 11 is 1.93. The number of thiophene rings is 1. The maximum atomic E-state index is 13.6. The third-order valence-corrected chi connectivity index (χ3v) is 11.6. The maximum Gasteiger partial charge on any atom is 0.242 e. The number of aromatic nitrogens is 4. The Morgan fingerprint density at radius 2 is 1.82 bits per heavy atom. The molecule has 0 spiro atoms. The van der Waals surface area contributed by atoms with Crippen molar-refractivity contribution in [2.24, 2.45) is 5.92 Å². The van der Waals surface area contributed by atoms with Crippen molar-refractivity contribution in [1.29, 1.82) is 0 Å². The molecule has 3 aliphatic heterocycles. The molecule has 0 atom stereocenters. The van der Waals surface area contributed by atoms with Crippen LogP contribution in [0, 0.1) is 26.7 Å². The van der Waals surface area contributed by atoms with Crippen LogP contribution in [0.1, 0.15) is 91.3 Å². The van der Waals surface area contributed by atoms with Crippen LogP contribution in [0.3, 0.4) is 0 Å². The minimum absolute atomic E-state index is 0.273. The fraction of sp³-hybridized carbons (Fsp3) is 0.581. The fourth-order valence-corrected chi connectivity index (χ4v) is 9.11. The summed E-state index contributed by atoms with van der Waals surface area (Å²) in [5.74, 6) is 2.06. The molecule has 7 heterocycles. The van der Waals surface area contributed by atoms with Gasteiger partial charge >= 0.3 is 0 Å². The van der Waals surface area contributed by atoms with E-state index in [9.17, 15) is 4.79 Å². The van der Waals surface area contributed by atoms with E-state index in [2.05, 4.69) is 66.1 Å². The molecule has 4 aromatic heterocycles. The van der Waals surface area contributed by atoms with E-state index in [1.807, 2.05) is 15.9 Å². The molecule has 1 aliphatic carbocycles. The predicted octanol–water partition coefficient (Wildman–Crippen LogP) is 6.23. The third kappa shape index (κ3) is 3.81. The monoisotopic (exact) mass is 544 g/mol. The number of aryl methyl sites for hydroxylation is 2. The van der Waals surface area contributed by atoms with Crippen molar-refractivity contribution in [3.05, 3.63) is 39.7 Å². The van der Waals surface area contributed by atoms with Crippen LogP contribution in [0.4, 0.5) is 0 Å². The molecule has 4 aliphatic rings. The van der Waals surface area contributed by atoms with Crippen molar-refractivity contribution in [3.63, 3.8) is 0 Å². The molecule has 0 unspecified atom stereocenters. The molecule has 1 amide bonds. The van der Waals surface area contributed by atoms with E-state index < -0.39 is 0 Å². The largest absolute Gasteiger partial charge is 0.346 e. The van der Waals surface area contributed by atoms with Crippen molar-refractivity contribution >= 4 is 33.1 Å². The minimum Gasteiger partial charge on any atom is -0.346 e. The van der Waals surface area contributed by atoms with E-state index in [1.54, 1.807) is 6.33 Å². The number of pyridine rings is 1. The summed E-state index contributed by atoms with van der Waals surface area (Å²) < 4.78 is 1.90. The Hall–Kier alpha value is -2.71. The zero-order chi connectivity index (χ0) is 27.1. The second-order valence-corrected chi connectivity index (χ2v) is 13.7. The highest BCUT2D eigenvalue weighted by atomic mass is 32.1. The number of hydrogen-bond acceptors (Lipinski definition) is 5. The van der Waals surface area contributed by atoms with Crippen molar-refractivity contribution in [3.8, 4) is 11.3 Å². The number of amides is 1. The molecule has 4 fully saturated rings. The first-order valence-corrected chi connectivity index (χ1v) is 15.6. The minimum atomic E-state index is -0.273. The number of aromatic amines is 1. The lowest BCUT2D eigenvalue weighted by Crippen LogP contribution is -2.64. The van der Waals surface area contributed by atoms with Crippen LogP contribution < -0.4 is 5.32 Å². The van der Waals surface area contributed by atoms with Crippen LogP contribution in [-0.2, 0) is 4.79 Å². The van der Waals surface area contributed by atoms with Gasteiger partial charge in [0.2, 0.25) is 5.91 Å². The maximum absolute atomic E-state index is 13.6. The quantitative estimate of drug-likeness (QED) is 0.319. The molecule has 1 saturated carbocycles. The molecule has 2 bridgehead atoms. The summed E-state index contributed by atoms with van der Waals surface area (Å²) in [4.78, 5) is 26.9. The zero-order valence-corrected chi connectivity index (χ0v) is 24.7. The van der Waals surface area contributed by atoms with Crippen LogP contribution in [0.2, 0.25) is 0 Å². The molecule has 2 N–H and O–H groups in total. The standard InChI is InChI=1S/C31H40N6OS/c1-17(2)24-25-20(5)27(22-8-12-36(13-9-22)30(38)31-10-6-21(7-11-31)14-33-31)39-29(25)35-26(24)23-15-37-28(32-16-34-37)19(4)18(23)3/h15-17,21-22,33,35H,6-14H2,1-5H3. The highest BCUT2D eigenvalue weighted by Crippen LogP contribution is 2.47. The van der Waals surface area contributed by atoms with Gasteiger partial charge in [0.15, 0.2) is 5.65 Å². The number of H-pyrrole nitrogens is 1. The molecular formula is C31H40N6OS. The number of nitrogens with zero attached hydrogens (tertiary/aromatic N) is 4. The molecule has 7 nitrogen and oxygen atoms in total. The van der Waals surface area contributed by atoms with E-state index >= 15 is 0 Å². The van der Waals surface area contributed by atoms with Crippen molar-refractivity contribution < 1.29 is 4.79 Å². The number of rotatable bonds is 4. The highest BCUT2D eigenvalue weighted by Gasteiger charge is 2.47. The Labute approximate surface area is 234 Å². The van der Waals surface area contributed by atoms with Crippen LogP contribution in [0.5, 0.6) is 0 Å². The molecule has 3 saturated heterocycles. The van der Waals surface area contributed by atoms with Crippen LogP contribution in [-0.4, -0.2) is 55.6 Å². The Morgan fingerprint density at radius 3 is 2.49 bits per heavy atom. The first kappa shape index (κ1) is 25.3. The third-order valence-electron chi connectivity index (χ3n) is 10.2. The number of piperidine rings is 3. The van der Waals surface area contributed by atoms with Gasteiger partial charge in [-0.2, -0.15) is 5.10 Å². The van der Waals surface area contributed by atoms with E-state index in [0.717, 1.165) is 56.9 Å². The van der Waals surface area contributed by atoms with Crippen LogP contribution in [0.25, 0.3) is 27.1 Å². The fourth-order valence-electron chi connectivity index (χ4n) is 7.71. The zero-order valence-electron chi connectivity index (χ0n) is 23.9. The van der Waals surface area contributed by atoms with E-state index in [0.29, 0.717) is 17.7 Å². The molecule has 0 radical (unpaired) electrons. The molecule has 8 heteroatoms. The lowest BCUT2D eigenvalue weighted by Gasteiger charge is -2.49. The molecule has 4 aromatic rings. The van der Waals surface area contributed by atoms with Gasteiger partial charge in [-0.1, -0.05) is 13.8 Å². The molecule has 8 rings (SSSR count). The van der Waals surface area contributed by atoms with Gasteiger partial charge in [0.25, 0.3) is 0 Å². The van der Waals surface area contributed by atoms with Gasteiger partial charge in [-0.25, -0.2) is 9.50 Å². The van der Waals surface area contributed by atoms with Gasteiger partial charge in [-0.3, -0.25) is 4.79 Å². The average Bonchev–Trinajstić information content (AvgIpc) is 3.66. The first-order chi connectivity index (χ1) is 18.8. The van der Waals surface area contributed by atoms with Gasteiger partial charge in [0.1, 0.15) is 11.2 Å². The normalized spacial score (nSPS) is 24.1. The SMILES string of the molecule is Cc1c(-c2[nH]c3sc(C4CCN(C(=O)C56CCC(CC5)CN6)CC4)c(C)c3c2C(C)C)cn2ncnc2c1C. The lowest BCUT2D eigenvalue weighted by molar-refractivity contribution is -0.143. The van der Waals surface area contributed by atoms with E-state index in [-0.39, 0.29) is 5.54 Å². The van der Waals surface area contributed by atoms with Crippen molar-refractivity contribution in [2.45, 2.75) is 90.5 Å². The molecule has 0 aromatic carbocycles. The summed E-state index contributed by atoms with van der Waals surface area (Å²) in [6, 6.07) is 0. The number of hydrogen-bond donors (Lipinski definition) is 2. The smallest absolute Gasteiger partial charge is 0.242 e. The van der Waals surface area contributed by atoms with Gasteiger partial charge in [-0.15, -0.1) is 11.3 Å². The summed E-state index contributed by atoms with van der Waals surface area (Å²) in [7, 11) is 0. The number of nitrogens with one attached hydrogen (secondary N) is 2. The van der Waals surface area contributed by atoms with Gasteiger partial charge in [-0.05, 0) is 106 Å². The summed E-state index contributed by atoms with van der Waals surface area (Å²) in [5, 5.41) is 9.48. The Balaban J connectivity index is 1.18. The Bertz CT molecular complexity index is 1560. The molecule has 39 heavy (non-hydrogen) atoms. The number of likely N-dealkylation sites (tertiary alicyclic amines) is 1. The van der Waals surface area contributed by atoms with Crippen molar-refractivity contribution in [1.82, 2.24) is 29.8 Å². The summed E-state index contributed by atoms with van der Waals surface area (Å²) in [6.07, 6.45) is 10.3. The van der Waals surface area contributed by atoms with E-state index in [1.165, 1.54) is 61.4 Å². The Morgan fingerprint density at radius 1 is 1.08 bits per heavy atom. The first-order valence-electron chi connectivity index (χ1n) is 14.8. The number of fused-ring (bicyclic) bond motifs is 5. The van der Waals surface area contributed by atoms with Gasteiger partial charge in [0.05, 0.1) is 11.2 Å². The van der Waals surface area contributed by atoms with Crippen molar-refractivity contribution in [2.75, 3.05) is 19.6 Å². The van der Waals surface area contributed by atoms with Crippen LogP contribution in [0.15, 0.2) is 12.5 Å². The van der Waals surface area contributed by atoms with Gasteiger partial charge < -0.3 is 15.2 Å². The predicted molar refractivity (Wildman–Crippen MR) is 158 cm³/mol. The van der Waals surface area contributed by atoms with E-state index in [4.69, 9.17) is 0 Å². The van der Waals surface area contributed by atoms with Gasteiger partial charge in [0, 0.05) is 35.1 Å². The lowest BCUT2D eigenvalue weighted by atomic mass is 9.71. The number of carbonyl (C=O) groups excluding carboxylic acids is 1. The topological polar surface area (TPSA) is 78.3 Å². The second kappa shape index (κ2) is 9.16. The number of carbonyl (C=O) groups is 1. The molecule has 206 valence electrons. The average molecular weight is 545 g/mol. The molecular weight excluding hydrogens is 504 g/mol. The van der Waals surface area contributed by atoms with Crippen LogP contribution >= 0.6 is 11.3 Å². The Kier molecular flexibility index (Phi) is 5.94. The highest BCUT2D eigenvalue weighted by molar-refractivity contribution is 7.19. The second-order valence-electron chi connectivity index (χ2n) is 12.7. The summed E-state index contributed by atoms with van der Waals surface area (Å²) in [5.41, 5.74) is 8.32.